The molecule has 4 nitrogen and oxygen atoms in total. The Morgan fingerprint density at radius 2 is 2.20 bits per heavy atom. The summed E-state index contributed by atoms with van der Waals surface area (Å²) in [4.78, 5) is 17.4. The number of rotatable bonds is 10. The van der Waals surface area contributed by atoms with E-state index in [-0.39, 0.29) is 17.5 Å². The largest absolute Gasteiger partial charge is 0.512 e. The van der Waals surface area contributed by atoms with Crippen LogP contribution in [0, 0.1) is 5.92 Å². The van der Waals surface area contributed by atoms with Gasteiger partial charge in [-0.15, -0.1) is 0 Å². The minimum atomic E-state index is -0.0515. The fourth-order valence-electron chi connectivity index (χ4n) is 2.85. The Morgan fingerprint density at radius 1 is 1.48 bits per heavy atom. The highest BCUT2D eigenvalue weighted by atomic mass is 35.5. The molecule has 1 N–H and O–H groups in total. The third-order valence-corrected chi connectivity index (χ3v) is 5.91. The molecule has 0 saturated heterocycles. The van der Waals surface area contributed by atoms with E-state index >= 15 is 0 Å². The zero-order chi connectivity index (χ0) is 18.8. The first-order valence-corrected chi connectivity index (χ1v) is 10.3. The van der Waals surface area contributed by atoms with E-state index < -0.39 is 0 Å². The number of thioether (sulfide) groups is 1. The van der Waals surface area contributed by atoms with Crippen LogP contribution in [0.1, 0.15) is 59.8 Å². The van der Waals surface area contributed by atoms with E-state index in [1.54, 1.807) is 6.08 Å². The number of carbonyl (C=O) groups is 1. The molecule has 1 aliphatic rings. The molecular formula is C19H30ClNO3S. The van der Waals surface area contributed by atoms with Crippen LogP contribution in [0.25, 0.3) is 0 Å². The normalized spacial score (nSPS) is 21.7. The van der Waals surface area contributed by atoms with Crippen molar-refractivity contribution in [3.05, 3.63) is 22.9 Å². The van der Waals surface area contributed by atoms with E-state index in [0.29, 0.717) is 48.4 Å². The molecule has 0 spiro atoms. The number of hydrogen-bond acceptors (Lipinski definition) is 5. The predicted octanol–water partition coefficient (Wildman–Crippen LogP) is 5.62. The van der Waals surface area contributed by atoms with Gasteiger partial charge in [-0.1, -0.05) is 37.5 Å². The maximum Gasteiger partial charge on any atom is 0.162 e. The number of aliphatic hydroxyl groups excluding tert-OH is 1. The highest BCUT2D eigenvalue weighted by Crippen LogP contribution is 2.34. The molecule has 0 heterocycles. The number of hydrogen-bond donors (Lipinski definition) is 1. The van der Waals surface area contributed by atoms with E-state index in [9.17, 15) is 9.90 Å². The molecule has 0 aromatic heterocycles. The zero-order valence-electron chi connectivity index (χ0n) is 15.6. The minimum Gasteiger partial charge on any atom is -0.512 e. The second-order valence-corrected chi connectivity index (χ2v) is 8.71. The Kier molecular flexibility index (Phi) is 10.3. The molecule has 6 heteroatoms. The van der Waals surface area contributed by atoms with Gasteiger partial charge >= 0.3 is 0 Å². The van der Waals surface area contributed by atoms with Gasteiger partial charge in [0.1, 0.15) is 12.4 Å². The quantitative estimate of drug-likeness (QED) is 0.300. The molecule has 142 valence electrons. The molecule has 1 aliphatic carbocycles. The molecule has 1 rings (SSSR count). The van der Waals surface area contributed by atoms with Crippen LogP contribution in [0.2, 0.25) is 0 Å². The van der Waals surface area contributed by atoms with Gasteiger partial charge in [0.05, 0.1) is 5.71 Å². The number of aliphatic hydroxyl groups is 1. The van der Waals surface area contributed by atoms with Crippen LogP contribution in [-0.4, -0.2) is 33.7 Å². The second kappa shape index (κ2) is 11.6. The van der Waals surface area contributed by atoms with Crippen LogP contribution in [-0.2, 0) is 9.63 Å². The summed E-state index contributed by atoms with van der Waals surface area (Å²) >= 11 is 7.29. The highest BCUT2D eigenvalue weighted by Gasteiger charge is 2.30. The molecule has 3 unspecified atom stereocenters. The topological polar surface area (TPSA) is 58.9 Å². The van der Waals surface area contributed by atoms with Crippen LogP contribution in [0.5, 0.6) is 0 Å². The average molecular weight is 388 g/mol. The maximum atomic E-state index is 12.3. The highest BCUT2D eigenvalue weighted by molar-refractivity contribution is 8.00. The van der Waals surface area contributed by atoms with E-state index in [1.165, 1.54) is 5.54 Å². The molecule has 0 aromatic carbocycles. The first-order valence-electron chi connectivity index (χ1n) is 8.90. The van der Waals surface area contributed by atoms with Gasteiger partial charge in [0.25, 0.3) is 0 Å². The summed E-state index contributed by atoms with van der Waals surface area (Å²) in [5, 5.41) is 15.5. The fraction of sp³-hybridized carbons (Fsp3) is 0.684. The molecule has 0 radical (unpaired) electrons. The second-order valence-electron chi connectivity index (χ2n) is 6.58. The number of allylic oxidation sites excluding steroid dienone is 2. The number of halogens is 1. The lowest BCUT2D eigenvalue weighted by Crippen LogP contribution is -2.23. The van der Waals surface area contributed by atoms with Gasteiger partial charge < -0.3 is 9.94 Å². The molecule has 0 saturated carbocycles. The smallest absolute Gasteiger partial charge is 0.162 e. The summed E-state index contributed by atoms with van der Waals surface area (Å²) in [6.07, 6.45) is 5.14. The van der Waals surface area contributed by atoms with Gasteiger partial charge in [0.2, 0.25) is 0 Å². The molecular weight excluding hydrogens is 358 g/mol. The van der Waals surface area contributed by atoms with Crippen molar-refractivity contribution in [1.29, 1.82) is 0 Å². The maximum absolute atomic E-state index is 12.3. The van der Waals surface area contributed by atoms with Crippen molar-refractivity contribution in [2.45, 2.75) is 70.3 Å². The standard InChI is InChI=1S/C19H30ClNO3S/c1-5-14(3)25-15(4)12-17-18(22)8-7-16(19(17)23)11-13(2)21-24-10-6-9-20/h6,9,14-16,23H,5,7-8,10-12H2,1-4H3/b9-6?,21-13+. The lowest BCUT2D eigenvalue weighted by Gasteiger charge is -2.26. The molecule has 0 aromatic rings. The summed E-state index contributed by atoms with van der Waals surface area (Å²) in [5.41, 5.74) is 2.80. The zero-order valence-corrected chi connectivity index (χ0v) is 17.2. The van der Waals surface area contributed by atoms with Crippen LogP contribution < -0.4 is 0 Å². The van der Waals surface area contributed by atoms with Crippen molar-refractivity contribution in [3.63, 3.8) is 0 Å². The lowest BCUT2D eigenvalue weighted by atomic mass is 9.83. The summed E-state index contributed by atoms with van der Waals surface area (Å²) in [5.74, 6) is 0.288. The molecule has 0 aliphatic heterocycles. The Morgan fingerprint density at radius 3 is 2.84 bits per heavy atom. The summed E-state index contributed by atoms with van der Waals surface area (Å²) in [7, 11) is 0. The Balaban J connectivity index is 2.72. The number of nitrogens with zero attached hydrogens (tertiary/aromatic N) is 1. The van der Waals surface area contributed by atoms with Crippen molar-refractivity contribution in [2.24, 2.45) is 11.1 Å². The minimum absolute atomic E-state index is 0.0515. The summed E-state index contributed by atoms with van der Waals surface area (Å²) < 4.78 is 0. The fourth-order valence-corrected chi connectivity index (χ4v) is 4.17. The number of oxime groups is 1. The lowest BCUT2D eigenvalue weighted by molar-refractivity contribution is -0.116. The monoisotopic (exact) mass is 387 g/mol. The van der Waals surface area contributed by atoms with Gasteiger partial charge in [-0.2, -0.15) is 11.8 Å². The first-order chi connectivity index (χ1) is 11.9. The third-order valence-electron chi connectivity index (χ3n) is 4.31. The molecule has 3 atom stereocenters. The van der Waals surface area contributed by atoms with Gasteiger partial charge in [-0.05, 0) is 38.7 Å². The number of Topliss-reactive ketones (excluding diaryl/α,β-unsaturated/α-hetero) is 1. The van der Waals surface area contributed by atoms with Crippen molar-refractivity contribution in [3.8, 4) is 0 Å². The Bertz CT molecular complexity index is 531. The number of ketones is 1. The summed E-state index contributed by atoms with van der Waals surface area (Å²) in [6, 6.07) is 0. The van der Waals surface area contributed by atoms with Crippen LogP contribution in [0.3, 0.4) is 0 Å². The molecule has 0 amide bonds. The van der Waals surface area contributed by atoms with Crippen LogP contribution in [0.4, 0.5) is 0 Å². The van der Waals surface area contributed by atoms with Gasteiger partial charge in [-0.25, -0.2) is 0 Å². The third kappa shape index (κ3) is 7.87. The van der Waals surface area contributed by atoms with E-state index in [4.69, 9.17) is 16.4 Å². The number of carbonyl (C=O) groups excluding carboxylic acids is 1. The van der Waals surface area contributed by atoms with Gasteiger partial charge in [-0.3, -0.25) is 4.79 Å². The first kappa shape index (κ1) is 22.1. The van der Waals surface area contributed by atoms with Gasteiger partial charge in [0, 0.05) is 33.9 Å². The van der Waals surface area contributed by atoms with Crippen LogP contribution >= 0.6 is 23.4 Å². The van der Waals surface area contributed by atoms with Crippen molar-refractivity contribution in [2.75, 3.05) is 6.61 Å². The van der Waals surface area contributed by atoms with E-state index in [1.807, 2.05) is 18.7 Å². The van der Waals surface area contributed by atoms with Crippen molar-refractivity contribution < 1.29 is 14.7 Å². The average Bonchev–Trinajstić information content (AvgIpc) is 2.58. The molecule has 0 bridgehead atoms. The van der Waals surface area contributed by atoms with Crippen molar-refractivity contribution >= 4 is 34.9 Å². The van der Waals surface area contributed by atoms with E-state index in [0.717, 1.165) is 12.1 Å². The van der Waals surface area contributed by atoms with E-state index in [2.05, 4.69) is 25.9 Å². The van der Waals surface area contributed by atoms with Crippen molar-refractivity contribution in [1.82, 2.24) is 0 Å². The Hall–Kier alpha value is -0.940. The van der Waals surface area contributed by atoms with Gasteiger partial charge in [0.15, 0.2) is 5.78 Å². The Labute approximate surface area is 160 Å². The molecule has 0 fully saturated rings. The molecule has 25 heavy (non-hydrogen) atoms. The van der Waals surface area contributed by atoms with Crippen LogP contribution in [0.15, 0.2) is 28.1 Å². The summed E-state index contributed by atoms with van der Waals surface area (Å²) in [6.45, 7) is 8.67. The predicted molar refractivity (Wildman–Crippen MR) is 107 cm³/mol. The SMILES string of the molecule is CCC(C)SC(C)CC1=C(O)C(C/C(C)=N/OCC=CCl)CCC1=O.